The number of hydrogen-bond donors (Lipinski definition) is 23. The standard InChI is InChI=1S/C56H87N3O35/c60-12-22-44-31(69)38(76)52(83-22)91-46-24(14-62)85-54(40(78)33(46)71)93-48-26(16-64)87-56(42(80)35(48)73)94-49-27(17-65)86-55(41(79)34(49)72)92-47-25(15-63)84-53(39(77)32(47)70)90-45-23(13-61)82-51(37(75)30(45)68)88-43-21(81-50(89-44)36(74)29(43)67)11-57-8-9-58-28(66)7-3-4-18-10-59-20-6-2-1-5-19(18)20/h1-2,5-6,10,21-27,29-57,59-65,67-80H,3-4,7-9,11-17H2,(H,58,66)/t21-,22-,23-,24-,25-,26-,27-,29-,30-,31-,32-,33-,34-,35-,36-,37-,38-,39-,40-,41-,42-,43-,44-,45-,46-,47-,48-,49-,50-,51-,52-,53-,54-,55-,56-/m1/s1. The Bertz CT molecular complexity index is 2660. The van der Waals surface area contributed by atoms with Crippen molar-refractivity contribution in [2.75, 3.05) is 59.3 Å². The zero-order valence-electron chi connectivity index (χ0n) is 50.1. The first-order chi connectivity index (χ1) is 45.0. The topological polar surface area (TPSA) is 591 Å². The molecular weight excluding hydrogens is 1270 g/mol. The maximum atomic E-state index is 12.9. The average Bonchev–Trinajstić information content (AvgIpc) is 0.940. The molecule has 0 radical (unpaired) electrons. The van der Waals surface area contributed by atoms with E-state index in [1.165, 1.54) is 0 Å². The molecule has 21 saturated heterocycles. The van der Waals surface area contributed by atoms with E-state index in [0.29, 0.717) is 12.8 Å². The minimum Gasteiger partial charge on any atom is -0.394 e. The number of carbonyl (C=O) groups is 1. The number of benzene rings is 1. The largest absolute Gasteiger partial charge is 0.394 e. The number of aromatic amines is 1. The van der Waals surface area contributed by atoms with E-state index in [0.717, 1.165) is 16.5 Å². The summed E-state index contributed by atoms with van der Waals surface area (Å²) in [5.41, 5.74) is 1.99. The van der Waals surface area contributed by atoms with E-state index < -0.39 is 255 Å². The number of aliphatic hydroxyl groups is 20. The van der Waals surface area contributed by atoms with Gasteiger partial charge in [0.15, 0.2) is 44.0 Å². The summed E-state index contributed by atoms with van der Waals surface area (Å²) in [4.78, 5) is 16.1. The molecule has 23 N–H and O–H groups in total. The highest BCUT2D eigenvalue weighted by Crippen LogP contribution is 2.39. The third-order valence-corrected chi connectivity index (χ3v) is 18.1. The molecule has 536 valence electrons. The number of hydrogen-bond acceptors (Lipinski definition) is 36. The molecule has 21 fully saturated rings. The Hall–Kier alpha value is -3.17. The van der Waals surface area contributed by atoms with Crippen molar-refractivity contribution in [3.05, 3.63) is 36.0 Å². The van der Waals surface area contributed by atoms with Crippen molar-refractivity contribution in [1.82, 2.24) is 15.6 Å². The van der Waals surface area contributed by atoms with Crippen molar-refractivity contribution in [2.45, 2.75) is 234 Å². The van der Waals surface area contributed by atoms with Crippen LogP contribution in [0.1, 0.15) is 18.4 Å². The first-order valence-corrected chi connectivity index (χ1v) is 30.9. The predicted octanol–water partition coefficient (Wildman–Crippen LogP) is -13.0. The van der Waals surface area contributed by atoms with Crippen molar-refractivity contribution >= 4 is 16.8 Å². The van der Waals surface area contributed by atoms with Crippen LogP contribution in [0, 0.1) is 0 Å². The van der Waals surface area contributed by atoms with Crippen LogP contribution >= 0.6 is 0 Å². The molecule has 1 aromatic carbocycles. The second-order valence-electron chi connectivity index (χ2n) is 24.2. The van der Waals surface area contributed by atoms with Crippen molar-refractivity contribution in [3.8, 4) is 0 Å². The number of aromatic nitrogens is 1. The SMILES string of the molecule is O=C(CCCc1c[nH]c2ccccc12)NCCNC[C@H]1O[C@@H]2O[C@H]3[C@H](O)[C@@H](O)[C@@H](O[C@H]4[C@H](O)[C@@H](O)[C@@H](O[C@H]5[C@H](O)[C@@H](O)[C@@H](O[C@H]6[C@H](O)[C@@H](O)[C@@H](O[C@H]7[C@H](O)[C@@H](O)[C@@H](O[C@H]8[C@H](O)[C@@H](O)[C@@H](O[C@H]1[C@H](O)[C@H]2O)O[C@@H]8CO)O[C@@H]7CO)O[C@@H]6CO)O[C@@H]5CO)O[C@@H]4CO)O[C@@H]3CO. The van der Waals surface area contributed by atoms with Crippen molar-refractivity contribution in [3.63, 3.8) is 0 Å². The summed E-state index contributed by atoms with van der Waals surface area (Å²) in [5.74, 6) is -0.281. The molecule has 1 amide bonds. The number of H-pyrrole nitrogens is 1. The summed E-state index contributed by atoms with van der Waals surface area (Å²) in [6.07, 6.45) is -67.1. The monoisotopic (exact) mass is 1360 g/mol. The Morgan fingerprint density at radius 1 is 0.362 bits per heavy atom. The molecular formula is C56H87N3O35. The lowest BCUT2D eigenvalue weighted by molar-refractivity contribution is -0.396. The molecule has 1 aromatic heterocycles. The summed E-state index contributed by atoms with van der Waals surface area (Å²) < 4.78 is 81.6. The molecule has 0 aliphatic carbocycles. The normalized spacial score (nSPS) is 47.5. The van der Waals surface area contributed by atoms with Gasteiger partial charge in [-0.2, -0.15) is 0 Å². The van der Waals surface area contributed by atoms with Gasteiger partial charge in [0, 0.05) is 43.2 Å². The van der Waals surface area contributed by atoms with E-state index in [2.05, 4.69) is 15.6 Å². The summed E-state index contributed by atoms with van der Waals surface area (Å²) >= 11 is 0. The van der Waals surface area contributed by atoms with E-state index in [1.54, 1.807) is 0 Å². The fourth-order valence-electron chi connectivity index (χ4n) is 12.8. The quantitative estimate of drug-likeness (QED) is 0.0736. The number of amides is 1. The lowest BCUT2D eigenvalue weighted by atomic mass is 9.95. The summed E-state index contributed by atoms with van der Waals surface area (Å²) in [6, 6.07) is 7.72. The highest BCUT2D eigenvalue weighted by molar-refractivity contribution is 5.83. The minimum atomic E-state index is -2.22. The molecule has 21 aliphatic heterocycles. The number of nitrogens with one attached hydrogen (secondary N) is 3. The van der Waals surface area contributed by atoms with Crippen LogP contribution in [0.5, 0.6) is 0 Å². The van der Waals surface area contributed by atoms with Gasteiger partial charge in [0.2, 0.25) is 5.91 Å². The molecule has 38 nitrogen and oxygen atoms in total. The molecule has 94 heavy (non-hydrogen) atoms. The molecule has 21 aliphatic rings. The molecule has 2 aromatic rings. The van der Waals surface area contributed by atoms with Crippen LogP contribution < -0.4 is 10.6 Å². The average molecular weight is 1360 g/mol. The lowest BCUT2D eigenvalue weighted by Gasteiger charge is -2.50. The van der Waals surface area contributed by atoms with Crippen LogP contribution in [0.3, 0.4) is 0 Å². The molecule has 0 saturated carbocycles. The number of para-hydroxylation sites is 1. The fraction of sp³-hybridized carbons (Fsp3) is 0.839. The summed E-state index contributed by atoms with van der Waals surface area (Å²) in [5, 5.41) is 231. The first kappa shape index (κ1) is 73.5. The highest BCUT2D eigenvalue weighted by Gasteiger charge is 2.59. The van der Waals surface area contributed by atoms with Gasteiger partial charge in [-0.15, -0.1) is 0 Å². The maximum absolute atomic E-state index is 12.9. The number of fused-ring (bicyclic) bond motifs is 1. The van der Waals surface area contributed by atoms with Gasteiger partial charge in [-0.3, -0.25) is 4.79 Å². The van der Waals surface area contributed by atoms with E-state index in [9.17, 15) is 107 Å². The van der Waals surface area contributed by atoms with E-state index in [1.807, 2.05) is 30.5 Å². The number of ether oxygens (including phenoxy) is 14. The van der Waals surface area contributed by atoms with Crippen molar-refractivity contribution in [1.29, 1.82) is 0 Å². The second kappa shape index (κ2) is 32.4. The Morgan fingerprint density at radius 3 is 0.936 bits per heavy atom. The molecule has 35 atom stereocenters. The third kappa shape index (κ3) is 15.4. The van der Waals surface area contributed by atoms with E-state index in [4.69, 9.17) is 66.3 Å². The molecule has 38 heteroatoms. The Balaban J connectivity index is 0.894. The first-order valence-electron chi connectivity index (χ1n) is 30.9. The number of aryl methyl sites for hydroxylation is 1. The van der Waals surface area contributed by atoms with Gasteiger partial charge in [0.05, 0.1) is 39.6 Å². The molecule has 0 unspecified atom stereocenters. The highest BCUT2D eigenvalue weighted by atomic mass is 16.8. The van der Waals surface area contributed by atoms with E-state index >= 15 is 0 Å². The van der Waals surface area contributed by atoms with Gasteiger partial charge in [-0.25, -0.2) is 0 Å². The summed E-state index contributed by atoms with van der Waals surface area (Å²) in [6.45, 7) is -6.61. The number of carbonyl (C=O) groups excluding carboxylic acids is 1. The van der Waals surface area contributed by atoms with Crippen LogP contribution in [0.4, 0.5) is 0 Å². The van der Waals surface area contributed by atoms with Crippen LogP contribution in [0.15, 0.2) is 30.5 Å². The van der Waals surface area contributed by atoms with Gasteiger partial charge in [-0.05, 0) is 24.5 Å². The van der Waals surface area contributed by atoms with Crippen LogP contribution in [0.2, 0.25) is 0 Å². The van der Waals surface area contributed by atoms with E-state index in [-0.39, 0.29) is 32.0 Å². The molecule has 23 rings (SSSR count). The maximum Gasteiger partial charge on any atom is 0.220 e. The Morgan fingerprint density at radius 2 is 0.638 bits per heavy atom. The molecule has 22 heterocycles. The van der Waals surface area contributed by atoms with Gasteiger partial charge < -0.3 is 184 Å². The number of aliphatic hydroxyl groups excluding tert-OH is 20. The van der Waals surface area contributed by atoms with Crippen molar-refractivity contribution in [2.24, 2.45) is 0 Å². The second-order valence-corrected chi connectivity index (χ2v) is 24.2. The van der Waals surface area contributed by atoms with Gasteiger partial charge in [0.1, 0.15) is 171 Å². The number of rotatable bonds is 15. The Labute approximate surface area is 534 Å². The smallest absolute Gasteiger partial charge is 0.220 e. The zero-order chi connectivity index (χ0) is 67.6. The Kier molecular flexibility index (Phi) is 25.4. The predicted molar refractivity (Wildman–Crippen MR) is 298 cm³/mol. The van der Waals surface area contributed by atoms with Crippen LogP contribution in [0.25, 0.3) is 10.9 Å². The minimum absolute atomic E-state index is 0.0241. The van der Waals surface area contributed by atoms with Crippen molar-refractivity contribution < 1.29 is 173 Å². The van der Waals surface area contributed by atoms with Crippen LogP contribution in [-0.2, 0) is 77.5 Å². The molecule has 14 bridgehead atoms. The summed E-state index contributed by atoms with van der Waals surface area (Å²) in [7, 11) is 0. The van der Waals surface area contributed by atoms with Gasteiger partial charge >= 0.3 is 0 Å². The lowest BCUT2D eigenvalue weighted by Crippen LogP contribution is -2.68. The fourth-order valence-corrected chi connectivity index (χ4v) is 12.8. The molecule has 0 spiro atoms. The van der Waals surface area contributed by atoms with Gasteiger partial charge in [-0.1, -0.05) is 18.2 Å². The van der Waals surface area contributed by atoms with Gasteiger partial charge in [0.25, 0.3) is 0 Å². The third-order valence-electron chi connectivity index (χ3n) is 18.1. The zero-order valence-corrected chi connectivity index (χ0v) is 50.1. The van der Waals surface area contributed by atoms with Crippen LogP contribution in [-0.4, -0.2) is 387 Å².